The van der Waals surface area contributed by atoms with E-state index in [0.29, 0.717) is 69.1 Å². The molecule has 0 atom stereocenters. The summed E-state index contributed by atoms with van der Waals surface area (Å²) in [6.45, 7) is 3.57. The number of nitrogens with zero attached hydrogens (tertiary/aromatic N) is 4. The van der Waals surface area contributed by atoms with Crippen molar-refractivity contribution >= 4 is 29.4 Å². The Kier molecular flexibility index (Phi) is 10.3. The maximum atomic E-state index is 15.0. The smallest absolute Gasteiger partial charge is 0.313 e. The Morgan fingerprint density at radius 3 is 2.57 bits per heavy atom. The van der Waals surface area contributed by atoms with Gasteiger partial charge in [-0.15, -0.1) is 0 Å². The van der Waals surface area contributed by atoms with Crippen LogP contribution in [0.3, 0.4) is 0 Å². The van der Waals surface area contributed by atoms with Crippen LogP contribution in [0.15, 0.2) is 35.7 Å². The fourth-order valence-electron chi connectivity index (χ4n) is 3.61. The number of nitrogens with two attached hydrogens (primary N) is 1. The van der Waals surface area contributed by atoms with E-state index in [2.05, 4.69) is 15.1 Å². The van der Waals surface area contributed by atoms with Crippen molar-refractivity contribution in [3.63, 3.8) is 0 Å². The number of hydrogen-bond acceptors (Lipinski definition) is 10. The lowest BCUT2D eigenvalue weighted by Gasteiger charge is -2.27. The molecule has 3 N–H and O–H groups in total. The first-order valence-electron chi connectivity index (χ1n) is 12.0. The van der Waals surface area contributed by atoms with Crippen LogP contribution in [0.1, 0.15) is 44.6 Å². The number of halogens is 1. The summed E-state index contributed by atoms with van der Waals surface area (Å²) in [5.74, 6) is -1.24. The number of anilines is 1. The number of rotatable bonds is 12. The molecule has 198 valence electrons. The number of aromatic nitrogens is 2. The predicted octanol–water partition coefficient (Wildman–Crippen LogP) is 2.97. The first-order valence-corrected chi connectivity index (χ1v) is 12.0. The van der Waals surface area contributed by atoms with Gasteiger partial charge in [0.15, 0.2) is 0 Å². The van der Waals surface area contributed by atoms with E-state index in [1.54, 1.807) is 31.5 Å². The van der Waals surface area contributed by atoms with Gasteiger partial charge in [-0.2, -0.15) is 0 Å². The van der Waals surface area contributed by atoms with Crippen molar-refractivity contribution in [3.05, 3.63) is 42.0 Å². The normalized spacial score (nSPS) is 13.1. The Labute approximate surface area is 214 Å². The minimum Gasteiger partial charge on any atom is -0.466 e. The monoisotopic (exact) mass is 514 g/mol. The van der Waals surface area contributed by atoms with Crippen LogP contribution in [0, 0.1) is 11.2 Å². The Morgan fingerprint density at radius 1 is 1.16 bits per heavy atom. The van der Waals surface area contributed by atoms with Gasteiger partial charge in [0.25, 0.3) is 0 Å². The van der Waals surface area contributed by atoms with Crippen molar-refractivity contribution in [2.75, 3.05) is 31.2 Å². The van der Waals surface area contributed by atoms with Gasteiger partial charge in [0.1, 0.15) is 31.3 Å². The summed E-state index contributed by atoms with van der Waals surface area (Å²) in [6.07, 6.45) is 5.03. The van der Waals surface area contributed by atoms with Crippen molar-refractivity contribution in [3.8, 4) is 11.1 Å². The summed E-state index contributed by atoms with van der Waals surface area (Å²) >= 11 is 0. The van der Waals surface area contributed by atoms with E-state index in [9.17, 15) is 9.59 Å². The average molecular weight is 515 g/mol. The summed E-state index contributed by atoms with van der Waals surface area (Å²) < 4.78 is 24.9. The molecule has 12 heteroatoms. The third-order valence-electron chi connectivity index (χ3n) is 5.49. The Hall–Kier alpha value is -4.09. The lowest BCUT2D eigenvalue weighted by atomic mass is 10.0. The number of carbonyl (C=O) groups excluding carboxylic acids is 2. The molecule has 11 nitrogen and oxygen atoms in total. The highest BCUT2D eigenvalue weighted by Gasteiger charge is 2.19. The van der Waals surface area contributed by atoms with Crippen molar-refractivity contribution in [2.45, 2.75) is 45.6 Å². The van der Waals surface area contributed by atoms with Crippen LogP contribution < -0.4 is 10.6 Å². The first-order chi connectivity index (χ1) is 17.9. The fraction of sp³-hybridized carbons (Fsp3) is 0.440. The summed E-state index contributed by atoms with van der Waals surface area (Å²) in [7, 11) is 0. The molecule has 0 radical (unpaired) electrons. The van der Waals surface area contributed by atoms with Gasteiger partial charge >= 0.3 is 11.9 Å². The molecule has 1 aliphatic rings. The van der Waals surface area contributed by atoms with E-state index in [-0.39, 0.29) is 30.4 Å². The molecule has 0 spiro atoms. The van der Waals surface area contributed by atoms with E-state index < -0.39 is 11.8 Å². The van der Waals surface area contributed by atoms with Crippen LogP contribution >= 0.6 is 0 Å². The van der Waals surface area contributed by atoms with Crippen molar-refractivity contribution in [1.82, 2.24) is 9.97 Å². The SMILES string of the molecule is CCOC(=O)CCCON=C1CCN(c2ncc(-c3cccc(COC(=O)CC(=N)N)c3F)cn2)CC1. The Balaban J connectivity index is 1.50. The Morgan fingerprint density at radius 2 is 1.89 bits per heavy atom. The molecule has 0 unspecified atom stereocenters. The number of amidine groups is 1. The topological polar surface area (TPSA) is 153 Å². The number of oxime groups is 1. The molecule has 1 aliphatic heterocycles. The highest BCUT2D eigenvalue weighted by atomic mass is 19.1. The van der Waals surface area contributed by atoms with Crippen molar-refractivity contribution in [1.29, 1.82) is 5.41 Å². The predicted molar refractivity (Wildman–Crippen MR) is 134 cm³/mol. The van der Waals surface area contributed by atoms with Crippen LogP contribution in [0.2, 0.25) is 0 Å². The molecule has 0 bridgehead atoms. The number of carbonyl (C=O) groups is 2. The van der Waals surface area contributed by atoms with E-state index >= 15 is 4.39 Å². The fourth-order valence-corrected chi connectivity index (χ4v) is 3.61. The van der Waals surface area contributed by atoms with Crippen LogP contribution in [-0.4, -0.2) is 59.8 Å². The standard InChI is InChI=1S/C25H31FN6O5/c1-2-35-22(33)7-4-12-37-31-19-8-10-32(11-9-19)25-29-14-18(15-30-25)20-6-3-5-17(24(20)26)16-36-23(34)13-21(27)28/h3,5-6,14-15H,2,4,7-13,16H2,1H3,(H3,27,28). The van der Waals surface area contributed by atoms with Gasteiger partial charge in [-0.05, 0) is 13.3 Å². The van der Waals surface area contributed by atoms with Gasteiger partial charge in [0, 0.05) is 61.4 Å². The highest BCUT2D eigenvalue weighted by Crippen LogP contribution is 2.26. The maximum absolute atomic E-state index is 15.0. The van der Waals surface area contributed by atoms with Gasteiger partial charge in [-0.3, -0.25) is 15.0 Å². The van der Waals surface area contributed by atoms with E-state index in [0.717, 1.165) is 5.71 Å². The third-order valence-corrected chi connectivity index (χ3v) is 5.49. The number of benzene rings is 1. The number of hydrogen-bond donors (Lipinski definition) is 2. The largest absolute Gasteiger partial charge is 0.466 e. The summed E-state index contributed by atoms with van der Waals surface area (Å²) in [4.78, 5) is 39.1. The molecule has 37 heavy (non-hydrogen) atoms. The second-order valence-corrected chi connectivity index (χ2v) is 8.30. The van der Waals surface area contributed by atoms with Gasteiger partial charge in [0.05, 0.1) is 12.3 Å². The molecular weight excluding hydrogens is 483 g/mol. The molecule has 0 aliphatic carbocycles. The van der Waals surface area contributed by atoms with Crippen LogP contribution in [0.25, 0.3) is 11.1 Å². The first kappa shape index (κ1) is 27.5. The molecule has 1 aromatic carbocycles. The summed E-state index contributed by atoms with van der Waals surface area (Å²) in [6, 6.07) is 4.78. The van der Waals surface area contributed by atoms with Crippen LogP contribution in [0.4, 0.5) is 10.3 Å². The maximum Gasteiger partial charge on any atom is 0.313 e. The molecule has 0 amide bonds. The number of piperidine rings is 1. The molecule has 1 aromatic heterocycles. The van der Waals surface area contributed by atoms with E-state index in [4.69, 9.17) is 25.5 Å². The number of nitrogens with one attached hydrogen (secondary N) is 1. The second-order valence-electron chi connectivity index (χ2n) is 8.30. The van der Waals surface area contributed by atoms with Gasteiger partial charge in [-0.1, -0.05) is 23.4 Å². The minimum atomic E-state index is -0.694. The van der Waals surface area contributed by atoms with Crippen LogP contribution in [0.5, 0.6) is 0 Å². The van der Waals surface area contributed by atoms with E-state index in [1.807, 2.05) is 4.90 Å². The highest BCUT2D eigenvalue weighted by molar-refractivity contribution is 5.94. The van der Waals surface area contributed by atoms with E-state index in [1.165, 1.54) is 6.07 Å². The summed E-state index contributed by atoms with van der Waals surface area (Å²) in [5.41, 5.74) is 7.10. The number of esters is 2. The van der Waals surface area contributed by atoms with Crippen molar-refractivity contribution < 1.29 is 28.3 Å². The molecular formula is C25H31FN6O5. The van der Waals surface area contributed by atoms with Crippen molar-refractivity contribution in [2.24, 2.45) is 10.9 Å². The molecule has 1 saturated heterocycles. The molecule has 2 aromatic rings. The number of ether oxygens (including phenoxy) is 2. The lowest BCUT2D eigenvalue weighted by Crippen LogP contribution is -2.35. The van der Waals surface area contributed by atoms with Crippen LogP contribution in [-0.2, 0) is 30.5 Å². The zero-order valence-corrected chi connectivity index (χ0v) is 20.7. The van der Waals surface area contributed by atoms with Gasteiger partial charge in [0.2, 0.25) is 5.95 Å². The molecule has 2 heterocycles. The lowest BCUT2D eigenvalue weighted by molar-refractivity contribution is -0.144. The molecule has 1 fully saturated rings. The molecule has 0 saturated carbocycles. The third kappa shape index (κ3) is 8.51. The minimum absolute atomic E-state index is 0.199. The van der Waals surface area contributed by atoms with Gasteiger partial charge < -0.3 is 24.9 Å². The van der Waals surface area contributed by atoms with Gasteiger partial charge in [-0.25, -0.2) is 14.4 Å². The zero-order chi connectivity index (χ0) is 26.6. The average Bonchev–Trinajstić information content (AvgIpc) is 2.88. The molecule has 3 rings (SSSR count). The second kappa shape index (κ2) is 13.9. The summed E-state index contributed by atoms with van der Waals surface area (Å²) in [5, 5.41) is 11.3. The Bertz CT molecular complexity index is 1120. The quantitative estimate of drug-likeness (QED) is 0.143. The zero-order valence-electron chi connectivity index (χ0n) is 20.7.